The molecule has 0 fully saturated rings. The lowest BCUT2D eigenvalue weighted by Crippen LogP contribution is -1.59. The van der Waals surface area contributed by atoms with Crippen LogP contribution in [0, 0.1) is 11.8 Å². The van der Waals surface area contributed by atoms with Gasteiger partial charge in [-0.25, -0.2) is 4.98 Å². The van der Waals surface area contributed by atoms with Gasteiger partial charge in [-0.3, -0.25) is 0 Å². The van der Waals surface area contributed by atoms with Crippen molar-refractivity contribution in [1.82, 2.24) is 4.98 Å². The van der Waals surface area contributed by atoms with Crippen LogP contribution < -0.4 is 0 Å². The van der Waals surface area contributed by atoms with E-state index in [9.17, 15) is 4.91 Å². The van der Waals surface area contributed by atoms with Gasteiger partial charge in [0.25, 0.3) is 5.88 Å². The highest BCUT2D eigenvalue weighted by atomic mass is 16.4. The van der Waals surface area contributed by atoms with Crippen LogP contribution in [0.5, 0.6) is 0 Å². The number of nitrogens with zero attached hydrogens (tertiary/aromatic N) is 2. The topological polar surface area (TPSA) is 55.5 Å². The third kappa shape index (κ3) is 0.726. The highest BCUT2D eigenvalue weighted by Crippen LogP contribution is 2.10. The second-order valence-corrected chi connectivity index (χ2v) is 1.31. The fourth-order valence-electron chi connectivity index (χ4n) is 0.392. The van der Waals surface area contributed by atoms with Gasteiger partial charge in [-0.15, -0.1) is 4.91 Å². The van der Waals surface area contributed by atoms with E-state index in [0.717, 1.165) is 0 Å². The number of nitroso groups, excluding NO2 is 1. The maximum atomic E-state index is 9.64. The minimum atomic E-state index is 0.0301. The Kier molecular flexibility index (Phi) is 1.07. The number of hydrogen-bond acceptors (Lipinski definition) is 4. The van der Waals surface area contributed by atoms with Crippen molar-refractivity contribution in [2.24, 2.45) is 5.18 Å². The predicted molar refractivity (Wildman–Crippen MR) is 26.7 cm³/mol. The zero-order chi connectivity index (χ0) is 5.98. The molecule has 0 aliphatic heterocycles. The molecule has 0 amide bonds. The first-order valence-corrected chi connectivity index (χ1v) is 2.08. The van der Waals surface area contributed by atoms with E-state index in [1.807, 2.05) is 0 Å². The molecule has 42 valence electrons. The Hall–Kier alpha value is -1.19. The van der Waals surface area contributed by atoms with Gasteiger partial charge in [0.05, 0.1) is 6.20 Å². The first-order valence-electron chi connectivity index (χ1n) is 2.08. The summed E-state index contributed by atoms with van der Waals surface area (Å²) in [6.07, 6.45) is 1.28. The molecule has 0 spiro atoms. The molecule has 1 heterocycles. The maximum absolute atomic E-state index is 9.64. The minimum Gasteiger partial charge on any atom is -0.421 e. The van der Waals surface area contributed by atoms with E-state index in [1.165, 1.54) is 6.20 Å². The Labute approximate surface area is 45.5 Å². The normalized spacial score (nSPS) is 9.12. The van der Waals surface area contributed by atoms with Crippen molar-refractivity contribution < 1.29 is 4.42 Å². The number of hydrogen-bond donors (Lipinski definition) is 0. The van der Waals surface area contributed by atoms with Crippen LogP contribution in [0.25, 0.3) is 0 Å². The van der Waals surface area contributed by atoms with Crippen molar-refractivity contribution in [2.75, 3.05) is 0 Å². The molecule has 1 aromatic heterocycles. The summed E-state index contributed by atoms with van der Waals surface area (Å²) in [6, 6.07) is 0. The fraction of sp³-hybridized carbons (Fsp3) is 0.250. The molecular weight excluding hydrogens is 108 g/mol. The third-order valence-corrected chi connectivity index (χ3v) is 0.699. The molecule has 0 aliphatic rings. The Morgan fingerprint density at radius 1 is 1.88 bits per heavy atom. The molecule has 0 bridgehead atoms. The molecule has 0 saturated carbocycles. The van der Waals surface area contributed by atoms with Crippen molar-refractivity contribution in [2.45, 2.75) is 6.92 Å². The largest absolute Gasteiger partial charge is 0.421 e. The monoisotopic (exact) mass is 112 g/mol. The number of oxazole rings is 1. The molecule has 8 heavy (non-hydrogen) atoms. The summed E-state index contributed by atoms with van der Waals surface area (Å²) in [5.41, 5.74) is 0. The van der Waals surface area contributed by atoms with E-state index in [-0.39, 0.29) is 5.88 Å². The Bertz CT molecular complexity index is 194. The average Bonchev–Trinajstić information content (AvgIpc) is 2.14. The molecule has 0 aromatic carbocycles. The van der Waals surface area contributed by atoms with E-state index in [0.29, 0.717) is 5.89 Å². The summed E-state index contributed by atoms with van der Waals surface area (Å²) in [5, 5.41) is 2.51. The van der Waals surface area contributed by atoms with Gasteiger partial charge in [-0.1, -0.05) is 0 Å². The van der Waals surface area contributed by atoms with Crippen molar-refractivity contribution in [3.05, 3.63) is 17.0 Å². The molecular formula is C4H4N2O2. The van der Waals surface area contributed by atoms with Gasteiger partial charge in [0.15, 0.2) is 5.89 Å². The quantitative estimate of drug-likeness (QED) is 0.515. The summed E-state index contributed by atoms with van der Waals surface area (Å²) < 4.78 is 4.64. The lowest BCUT2D eigenvalue weighted by Gasteiger charge is -1.71. The van der Waals surface area contributed by atoms with Gasteiger partial charge in [-0.05, 0) is 0 Å². The van der Waals surface area contributed by atoms with Crippen LogP contribution in [-0.4, -0.2) is 4.98 Å². The average molecular weight is 112 g/mol. The van der Waals surface area contributed by atoms with Crippen LogP contribution in [-0.2, 0) is 0 Å². The molecule has 0 saturated heterocycles. The molecule has 0 radical (unpaired) electrons. The molecule has 4 heteroatoms. The van der Waals surface area contributed by atoms with Crippen LogP contribution >= 0.6 is 0 Å². The smallest absolute Gasteiger partial charge is 0.280 e. The summed E-state index contributed by atoms with van der Waals surface area (Å²) in [4.78, 5) is 13.3. The highest BCUT2D eigenvalue weighted by molar-refractivity contribution is 5.16. The minimum absolute atomic E-state index is 0.0301. The lowest BCUT2D eigenvalue weighted by molar-refractivity contribution is 0.530. The van der Waals surface area contributed by atoms with Crippen LogP contribution in [0.15, 0.2) is 15.8 Å². The number of rotatable bonds is 1. The predicted octanol–water partition coefficient (Wildman–Crippen LogP) is 1.38. The SMILES string of the molecule is Cc1ncc(N=O)o1. The van der Waals surface area contributed by atoms with Crippen LogP contribution in [0.4, 0.5) is 5.88 Å². The standard InChI is InChI=1S/C4H4N2O2/c1-3-5-2-4(6-7)8-3/h2H,1H3. The fourth-order valence-corrected chi connectivity index (χ4v) is 0.392. The highest BCUT2D eigenvalue weighted by Gasteiger charge is 1.94. The van der Waals surface area contributed by atoms with E-state index in [4.69, 9.17) is 0 Å². The van der Waals surface area contributed by atoms with Crippen LogP contribution in [0.1, 0.15) is 5.89 Å². The Balaban J connectivity index is 3.00. The van der Waals surface area contributed by atoms with E-state index in [1.54, 1.807) is 6.92 Å². The van der Waals surface area contributed by atoms with Crippen LogP contribution in [0.2, 0.25) is 0 Å². The number of aromatic nitrogens is 1. The van der Waals surface area contributed by atoms with Gasteiger partial charge in [0.1, 0.15) is 0 Å². The van der Waals surface area contributed by atoms with Crippen molar-refractivity contribution in [1.29, 1.82) is 0 Å². The second-order valence-electron chi connectivity index (χ2n) is 1.31. The maximum Gasteiger partial charge on any atom is 0.280 e. The molecule has 0 unspecified atom stereocenters. The molecule has 1 rings (SSSR count). The first-order chi connectivity index (χ1) is 3.83. The lowest BCUT2D eigenvalue weighted by atomic mass is 10.8. The third-order valence-electron chi connectivity index (χ3n) is 0.699. The van der Waals surface area contributed by atoms with Crippen LogP contribution in [0.3, 0.4) is 0 Å². The Morgan fingerprint density at radius 3 is 2.88 bits per heavy atom. The van der Waals surface area contributed by atoms with E-state index in [2.05, 4.69) is 14.6 Å². The first kappa shape index (κ1) is 4.96. The van der Waals surface area contributed by atoms with Gasteiger partial charge >= 0.3 is 0 Å². The van der Waals surface area contributed by atoms with Gasteiger partial charge in [-0.2, -0.15) is 0 Å². The summed E-state index contributed by atoms with van der Waals surface area (Å²) >= 11 is 0. The summed E-state index contributed by atoms with van der Waals surface area (Å²) in [5.74, 6) is 0.488. The van der Waals surface area contributed by atoms with Crippen molar-refractivity contribution in [3.63, 3.8) is 0 Å². The van der Waals surface area contributed by atoms with Crippen molar-refractivity contribution in [3.8, 4) is 0 Å². The van der Waals surface area contributed by atoms with Crippen molar-refractivity contribution >= 4 is 5.88 Å². The molecule has 0 atom stereocenters. The van der Waals surface area contributed by atoms with E-state index >= 15 is 0 Å². The zero-order valence-corrected chi connectivity index (χ0v) is 4.29. The molecule has 0 N–H and O–H groups in total. The number of aryl methyl sites for hydroxylation is 1. The molecule has 0 aliphatic carbocycles. The van der Waals surface area contributed by atoms with E-state index < -0.39 is 0 Å². The molecule has 1 aromatic rings. The van der Waals surface area contributed by atoms with Gasteiger partial charge in [0, 0.05) is 12.1 Å². The van der Waals surface area contributed by atoms with Gasteiger partial charge < -0.3 is 4.42 Å². The summed E-state index contributed by atoms with van der Waals surface area (Å²) in [6.45, 7) is 1.65. The zero-order valence-electron chi connectivity index (χ0n) is 4.29. The Morgan fingerprint density at radius 2 is 2.62 bits per heavy atom. The second kappa shape index (κ2) is 1.73. The molecule has 4 nitrogen and oxygen atoms in total. The summed E-state index contributed by atoms with van der Waals surface area (Å²) in [7, 11) is 0. The van der Waals surface area contributed by atoms with Gasteiger partial charge in [0.2, 0.25) is 0 Å².